The molecular formula is C12H10F3N3O. The number of alkyl halides is 3. The molecule has 1 heterocycles. The predicted octanol–water partition coefficient (Wildman–Crippen LogP) is 2.02. The lowest BCUT2D eigenvalue weighted by Gasteiger charge is -2.10. The van der Waals surface area contributed by atoms with Crippen molar-refractivity contribution in [1.29, 1.82) is 0 Å². The highest BCUT2D eigenvalue weighted by Crippen LogP contribution is 2.29. The number of aromatic nitrogens is 1. The Morgan fingerprint density at radius 2 is 1.63 bits per heavy atom. The van der Waals surface area contributed by atoms with Crippen molar-refractivity contribution in [3.05, 3.63) is 52.4 Å². The van der Waals surface area contributed by atoms with Gasteiger partial charge in [0.1, 0.15) is 5.69 Å². The molecule has 1 aromatic carbocycles. The maximum Gasteiger partial charge on any atom is 0.416 e. The summed E-state index contributed by atoms with van der Waals surface area (Å²) in [5.74, 6) is 0. The van der Waals surface area contributed by atoms with Crippen LogP contribution in [0.15, 0.2) is 41.3 Å². The van der Waals surface area contributed by atoms with Gasteiger partial charge in [-0.3, -0.25) is 9.36 Å². The van der Waals surface area contributed by atoms with Gasteiger partial charge in [0, 0.05) is 11.9 Å². The number of pyridine rings is 1. The zero-order valence-corrected chi connectivity index (χ0v) is 9.61. The first-order chi connectivity index (χ1) is 8.79. The summed E-state index contributed by atoms with van der Waals surface area (Å²) in [4.78, 5) is 11.8. The zero-order valence-electron chi connectivity index (χ0n) is 9.61. The Labute approximate surface area is 106 Å². The van der Waals surface area contributed by atoms with Gasteiger partial charge in [0.25, 0.3) is 5.56 Å². The van der Waals surface area contributed by atoms with E-state index in [-0.39, 0.29) is 17.1 Å². The van der Waals surface area contributed by atoms with Crippen LogP contribution in [0.5, 0.6) is 0 Å². The third-order valence-corrected chi connectivity index (χ3v) is 2.54. The molecule has 0 saturated heterocycles. The topological polar surface area (TPSA) is 74.0 Å². The van der Waals surface area contributed by atoms with Gasteiger partial charge in [0.05, 0.1) is 11.3 Å². The molecule has 0 atom stereocenters. The summed E-state index contributed by atoms with van der Waals surface area (Å²) in [5, 5.41) is 0. The van der Waals surface area contributed by atoms with Crippen molar-refractivity contribution >= 4 is 11.4 Å². The van der Waals surface area contributed by atoms with Crippen molar-refractivity contribution in [2.24, 2.45) is 0 Å². The number of nitrogen functional groups attached to an aromatic ring is 2. The first-order valence-corrected chi connectivity index (χ1v) is 5.24. The lowest BCUT2D eigenvalue weighted by Crippen LogP contribution is -2.21. The number of rotatable bonds is 1. The summed E-state index contributed by atoms with van der Waals surface area (Å²) in [7, 11) is 0. The van der Waals surface area contributed by atoms with Crippen molar-refractivity contribution < 1.29 is 13.2 Å². The van der Waals surface area contributed by atoms with Crippen LogP contribution in [0.2, 0.25) is 0 Å². The van der Waals surface area contributed by atoms with Crippen LogP contribution in [0, 0.1) is 0 Å². The Bertz CT molecular complexity index is 659. The molecular weight excluding hydrogens is 259 g/mol. The number of halogens is 3. The molecule has 7 heteroatoms. The summed E-state index contributed by atoms with van der Waals surface area (Å²) < 4.78 is 38.4. The lowest BCUT2D eigenvalue weighted by atomic mass is 10.2. The molecule has 2 rings (SSSR count). The summed E-state index contributed by atoms with van der Waals surface area (Å²) in [6.45, 7) is 0. The Morgan fingerprint density at radius 3 is 2.16 bits per heavy atom. The highest BCUT2D eigenvalue weighted by atomic mass is 19.4. The van der Waals surface area contributed by atoms with E-state index in [9.17, 15) is 18.0 Å². The van der Waals surface area contributed by atoms with Gasteiger partial charge in [-0.15, -0.1) is 0 Å². The summed E-state index contributed by atoms with van der Waals surface area (Å²) in [6, 6.07) is 5.44. The SMILES string of the molecule is Nc1cc(N)c(=O)n(-c2ccc(C(F)(F)F)cc2)c1. The first kappa shape index (κ1) is 13.0. The number of nitrogens with two attached hydrogens (primary N) is 2. The van der Waals surface area contributed by atoms with E-state index in [0.717, 1.165) is 16.7 Å². The van der Waals surface area contributed by atoms with E-state index >= 15 is 0 Å². The van der Waals surface area contributed by atoms with Gasteiger partial charge in [-0.1, -0.05) is 0 Å². The fraction of sp³-hybridized carbons (Fsp3) is 0.0833. The summed E-state index contributed by atoms with van der Waals surface area (Å²) in [5.41, 5.74) is 10.1. The fourth-order valence-corrected chi connectivity index (χ4v) is 1.63. The zero-order chi connectivity index (χ0) is 14.2. The van der Waals surface area contributed by atoms with Crippen LogP contribution >= 0.6 is 0 Å². The van der Waals surface area contributed by atoms with Gasteiger partial charge in [-0.2, -0.15) is 13.2 Å². The van der Waals surface area contributed by atoms with Crippen LogP contribution in [0.25, 0.3) is 5.69 Å². The molecule has 19 heavy (non-hydrogen) atoms. The van der Waals surface area contributed by atoms with Gasteiger partial charge in [0.15, 0.2) is 0 Å². The average molecular weight is 269 g/mol. The minimum absolute atomic E-state index is 0.0695. The molecule has 0 aliphatic heterocycles. The molecule has 4 nitrogen and oxygen atoms in total. The second kappa shape index (κ2) is 4.34. The van der Waals surface area contributed by atoms with Gasteiger partial charge < -0.3 is 11.5 Å². The van der Waals surface area contributed by atoms with Crippen LogP contribution in [0.4, 0.5) is 24.5 Å². The van der Waals surface area contributed by atoms with Crippen LogP contribution < -0.4 is 17.0 Å². The summed E-state index contributed by atoms with van der Waals surface area (Å²) in [6.07, 6.45) is -3.11. The molecule has 0 amide bonds. The van der Waals surface area contributed by atoms with Crippen LogP contribution in [-0.2, 0) is 6.18 Å². The van der Waals surface area contributed by atoms with Crippen LogP contribution in [-0.4, -0.2) is 4.57 Å². The largest absolute Gasteiger partial charge is 0.416 e. The van der Waals surface area contributed by atoms with Crippen molar-refractivity contribution in [1.82, 2.24) is 4.57 Å². The van der Waals surface area contributed by atoms with Gasteiger partial charge in [-0.25, -0.2) is 0 Å². The smallest absolute Gasteiger partial charge is 0.397 e. The highest BCUT2D eigenvalue weighted by molar-refractivity contribution is 5.51. The molecule has 1 aromatic heterocycles. The molecule has 0 unspecified atom stereocenters. The van der Waals surface area contributed by atoms with E-state index in [0.29, 0.717) is 0 Å². The minimum Gasteiger partial charge on any atom is -0.397 e. The van der Waals surface area contributed by atoms with E-state index in [2.05, 4.69) is 0 Å². The van der Waals surface area contributed by atoms with Crippen molar-refractivity contribution in [2.75, 3.05) is 11.5 Å². The Morgan fingerprint density at radius 1 is 1.05 bits per heavy atom. The molecule has 4 N–H and O–H groups in total. The van der Waals surface area contributed by atoms with E-state index in [1.165, 1.54) is 24.4 Å². The van der Waals surface area contributed by atoms with E-state index < -0.39 is 17.3 Å². The molecule has 0 radical (unpaired) electrons. The Balaban J connectivity index is 2.52. The van der Waals surface area contributed by atoms with Crippen molar-refractivity contribution in [2.45, 2.75) is 6.18 Å². The van der Waals surface area contributed by atoms with Crippen LogP contribution in [0.3, 0.4) is 0 Å². The van der Waals surface area contributed by atoms with Gasteiger partial charge in [0.2, 0.25) is 0 Å². The normalized spacial score (nSPS) is 11.5. The Hall–Kier alpha value is -2.44. The molecule has 2 aromatic rings. The third-order valence-electron chi connectivity index (χ3n) is 2.54. The number of nitrogens with zero attached hydrogens (tertiary/aromatic N) is 1. The fourth-order valence-electron chi connectivity index (χ4n) is 1.63. The maximum atomic E-state index is 12.4. The summed E-state index contributed by atoms with van der Waals surface area (Å²) >= 11 is 0. The molecule has 0 aliphatic rings. The van der Waals surface area contributed by atoms with E-state index in [1.54, 1.807) is 0 Å². The molecule has 100 valence electrons. The third kappa shape index (κ3) is 2.54. The van der Waals surface area contributed by atoms with Crippen molar-refractivity contribution in [3.8, 4) is 5.69 Å². The number of anilines is 2. The van der Waals surface area contributed by atoms with Gasteiger partial charge >= 0.3 is 6.18 Å². The first-order valence-electron chi connectivity index (χ1n) is 5.24. The second-order valence-electron chi connectivity index (χ2n) is 3.95. The lowest BCUT2D eigenvalue weighted by molar-refractivity contribution is -0.137. The van der Waals surface area contributed by atoms with Gasteiger partial charge in [-0.05, 0) is 30.3 Å². The standard InChI is InChI=1S/C12H10F3N3O/c13-12(14,15)7-1-3-9(4-2-7)18-6-8(16)5-10(17)11(18)19/h1-6H,16-17H2. The predicted molar refractivity (Wildman–Crippen MR) is 65.9 cm³/mol. The van der Waals surface area contributed by atoms with E-state index in [4.69, 9.17) is 11.5 Å². The molecule has 0 fully saturated rings. The number of hydrogen-bond donors (Lipinski definition) is 2. The maximum absolute atomic E-state index is 12.4. The molecule has 0 bridgehead atoms. The quantitative estimate of drug-likeness (QED) is 0.831. The van der Waals surface area contributed by atoms with Crippen molar-refractivity contribution in [3.63, 3.8) is 0 Å². The van der Waals surface area contributed by atoms with Crippen LogP contribution in [0.1, 0.15) is 5.56 Å². The number of hydrogen-bond acceptors (Lipinski definition) is 3. The van der Waals surface area contributed by atoms with E-state index in [1.807, 2.05) is 0 Å². The molecule has 0 aliphatic carbocycles. The molecule has 0 spiro atoms. The monoisotopic (exact) mass is 269 g/mol. The Kier molecular flexibility index (Phi) is 2.97. The highest BCUT2D eigenvalue weighted by Gasteiger charge is 2.30. The second-order valence-corrected chi connectivity index (χ2v) is 3.95. The molecule has 0 saturated carbocycles. The minimum atomic E-state index is -4.42. The number of benzene rings is 1. The average Bonchev–Trinajstić information content (AvgIpc) is 2.33.